The molecule has 0 radical (unpaired) electrons. The van der Waals surface area contributed by atoms with Gasteiger partial charge < -0.3 is 0 Å². The molecule has 0 aromatic heterocycles. The Bertz CT molecular complexity index is 92.0. The third-order valence-electron chi connectivity index (χ3n) is 0. The quantitative estimate of drug-likeness (QED) is 0.573. The maximum atomic E-state index is 9.03. The molecule has 0 spiro atoms. The second-order valence-corrected chi connectivity index (χ2v) is 3.31. The van der Waals surface area contributed by atoms with Gasteiger partial charge in [0, 0.05) is 0 Å². The fourth-order valence-corrected chi connectivity index (χ4v) is 0. The van der Waals surface area contributed by atoms with E-state index in [0.717, 1.165) is 0 Å². The van der Waals surface area contributed by atoms with Gasteiger partial charge in [0.1, 0.15) is 0 Å². The van der Waals surface area contributed by atoms with Gasteiger partial charge in [0.2, 0.25) is 0 Å². The van der Waals surface area contributed by atoms with Gasteiger partial charge in [-0.25, -0.2) is 0 Å². The average Bonchev–Trinajstić information content (AvgIpc) is 0.722. The van der Waals surface area contributed by atoms with E-state index in [1.54, 1.807) is 0 Å². The molecule has 3 nitrogen and oxygen atoms in total. The summed E-state index contributed by atoms with van der Waals surface area (Å²) < 4.78 is 25.4. The van der Waals surface area contributed by atoms with E-state index in [-0.39, 0.29) is 12.4 Å². The van der Waals surface area contributed by atoms with Gasteiger partial charge in [-0.05, 0) is 0 Å². The van der Waals surface area contributed by atoms with Crippen molar-refractivity contribution in [1.82, 2.24) is 0 Å². The Morgan fingerprint density at radius 3 is 1.50 bits per heavy atom. The van der Waals surface area contributed by atoms with Crippen molar-refractivity contribution < 1.29 is 24.1 Å². The van der Waals surface area contributed by atoms with Crippen LogP contribution in [-0.4, -0.2) is 4.16 Å². The second-order valence-electron chi connectivity index (χ2n) is 0.412. The molecule has 0 atom stereocenters. The van der Waals surface area contributed by atoms with Crippen LogP contribution in [0.2, 0.25) is 0 Å². The summed E-state index contributed by atoms with van der Waals surface area (Å²) >= 11 is -4.78. The molecule has 0 bridgehead atoms. The first-order valence-corrected chi connectivity index (χ1v) is 4.04. The van der Waals surface area contributed by atoms with Crippen molar-refractivity contribution in [2.75, 3.05) is 0 Å². The summed E-state index contributed by atoms with van der Waals surface area (Å²) in [5, 5.41) is 0. The van der Waals surface area contributed by atoms with Crippen LogP contribution < -0.4 is 0 Å². The normalized spacial score (nSPS) is 9.67. The predicted molar refractivity (Wildman–Crippen MR) is 16.7 cm³/mol. The zero-order chi connectivity index (χ0) is 4.50. The Kier molecular flexibility index (Phi) is 4.56. The van der Waals surface area contributed by atoms with Crippen molar-refractivity contribution in [1.29, 1.82) is 0 Å². The van der Waals surface area contributed by atoms with Gasteiger partial charge in [0.15, 0.2) is 0 Å². The Morgan fingerprint density at radius 1 is 1.50 bits per heavy atom. The molecule has 0 amide bonds. The summed E-state index contributed by atoms with van der Waals surface area (Å²) in [4.78, 5) is 0. The molecule has 0 saturated carbocycles. The summed E-state index contributed by atoms with van der Waals surface area (Å²) in [6.07, 6.45) is 0. The molecule has 6 heteroatoms. The maximum absolute atomic E-state index is 9.03. The van der Waals surface area contributed by atoms with E-state index in [0.29, 0.717) is 0 Å². The topological polar surface area (TPSA) is 54.4 Å². The van der Waals surface area contributed by atoms with Crippen LogP contribution >= 0.6 is 22.5 Å². The molecule has 0 aromatic rings. The van der Waals surface area contributed by atoms with Crippen molar-refractivity contribution in [3.8, 4) is 0 Å². The van der Waals surface area contributed by atoms with Crippen LogP contribution in [0.25, 0.3) is 0 Å². The molecule has 0 aliphatic rings. The van der Waals surface area contributed by atoms with Crippen molar-refractivity contribution in [3.63, 3.8) is 0 Å². The summed E-state index contributed by atoms with van der Waals surface area (Å²) in [5.41, 5.74) is 0. The summed E-state index contributed by atoms with van der Waals surface area (Å²) in [5.74, 6) is 0. The zero-order valence-electron chi connectivity index (χ0n) is 2.46. The van der Waals surface area contributed by atoms with E-state index in [9.17, 15) is 0 Å². The molecule has 0 aliphatic carbocycles. The van der Waals surface area contributed by atoms with E-state index in [4.69, 9.17) is 11.8 Å². The van der Waals surface area contributed by atoms with E-state index in [1.807, 2.05) is 0 Å². The first kappa shape index (κ1) is 9.83. The Labute approximate surface area is 47.0 Å². The zero-order valence-corrected chi connectivity index (χ0v) is 5.31. The molecule has 0 aliphatic heterocycles. The molecule has 0 unspecified atom stereocenters. The van der Waals surface area contributed by atoms with Crippen molar-refractivity contribution >= 4 is 22.5 Å². The molecule has 40 valence electrons. The van der Waals surface area contributed by atoms with Crippen LogP contribution in [0.4, 0.5) is 0 Å². The Balaban J connectivity index is 0. The van der Waals surface area contributed by atoms with Crippen LogP contribution in [0, 0.1) is 0 Å². The van der Waals surface area contributed by atoms with Gasteiger partial charge in [-0.1, -0.05) is 0 Å². The second kappa shape index (κ2) is 2.78. The number of rotatable bonds is 0. The third-order valence-corrected chi connectivity index (χ3v) is 0. The minimum absolute atomic E-state index is 0. The van der Waals surface area contributed by atoms with Crippen LogP contribution in [0.3, 0.4) is 0 Å². The summed E-state index contributed by atoms with van der Waals surface area (Å²) in [7, 11) is 4.13. The van der Waals surface area contributed by atoms with E-state index >= 15 is 0 Å². The third kappa shape index (κ3) is 139. The van der Waals surface area contributed by atoms with Crippen LogP contribution in [0.5, 0.6) is 0 Å². The minimum atomic E-state index is -4.78. The van der Waals surface area contributed by atoms with Crippen molar-refractivity contribution in [3.05, 3.63) is 0 Å². The molecule has 1 N–H and O–H groups in total. The fourth-order valence-electron chi connectivity index (χ4n) is 0. The molecule has 0 heterocycles. The number of hydrogen-bond donors (Lipinski definition) is 1. The summed E-state index contributed by atoms with van der Waals surface area (Å²) in [6, 6.07) is 0. The molecule has 0 saturated heterocycles. The molecule has 0 fully saturated rings. The van der Waals surface area contributed by atoms with Gasteiger partial charge in [-0.2, -0.15) is 0 Å². The Hall–Kier alpha value is 0.672. The van der Waals surface area contributed by atoms with E-state index in [1.165, 1.54) is 0 Å². The van der Waals surface area contributed by atoms with Crippen molar-refractivity contribution in [2.45, 2.75) is 0 Å². The Morgan fingerprint density at radius 2 is 1.50 bits per heavy atom. The predicted octanol–water partition coefficient (Wildman–Crippen LogP) is 0.314. The first-order chi connectivity index (χ1) is 2.00. The van der Waals surface area contributed by atoms with Gasteiger partial charge in [0.05, 0.1) is 0 Å². The monoisotopic (exact) mass is 172 g/mol. The van der Waals surface area contributed by atoms with Crippen LogP contribution in [0.15, 0.2) is 0 Å². The van der Waals surface area contributed by atoms with Gasteiger partial charge in [-0.15, -0.1) is 12.4 Å². The number of halogens is 2. The molecular weight excluding hydrogens is 171 g/mol. The number of hydrogen-bond acceptors (Lipinski definition) is 2. The van der Waals surface area contributed by atoms with Crippen molar-refractivity contribution in [2.24, 2.45) is 0 Å². The molecular formula is H2Cl2CrO3. The fraction of sp³-hybridized carbons (Fsp3) is 0. The SMILES string of the molecule is Cl.[O]=[Cr](=[O])([OH])[Cl]. The molecule has 0 rings (SSSR count). The van der Waals surface area contributed by atoms with Crippen LogP contribution in [0.1, 0.15) is 0 Å². The van der Waals surface area contributed by atoms with E-state index in [2.05, 4.69) is 10.0 Å². The first-order valence-electron chi connectivity index (χ1n) is 0.670. The van der Waals surface area contributed by atoms with Gasteiger partial charge in [-0.3, -0.25) is 0 Å². The standard InChI is InChI=1S/2ClH.Cr.H2O.2O/h2*1H;;1H2;;/q;;+2;;;/p-2. The van der Waals surface area contributed by atoms with Crippen LogP contribution in [-0.2, 0) is 20.0 Å². The summed E-state index contributed by atoms with van der Waals surface area (Å²) in [6.45, 7) is 0. The van der Waals surface area contributed by atoms with Gasteiger partial charge >= 0.3 is 34.2 Å². The van der Waals surface area contributed by atoms with E-state index < -0.39 is 12.4 Å². The van der Waals surface area contributed by atoms with Gasteiger partial charge in [0.25, 0.3) is 0 Å². The molecule has 0 aromatic carbocycles. The molecule has 6 heavy (non-hydrogen) atoms. The average molecular weight is 173 g/mol.